The van der Waals surface area contributed by atoms with Crippen LogP contribution in [0.25, 0.3) is 0 Å². The van der Waals surface area contributed by atoms with Crippen LogP contribution in [0.5, 0.6) is 0 Å². The number of carbonyl (C=O) groups is 3. The third-order valence-corrected chi connectivity index (χ3v) is 4.75. The average molecular weight is 321 g/mol. The van der Waals surface area contributed by atoms with Crippen molar-refractivity contribution in [1.82, 2.24) is 0 Å². The van der Waals surface area contributed by atoms with Crippen LogP contribution in [0.15, 0.2) is 48.5 Å². The van der Waals surface area contributed by atoms with Gasteiger partial charge in [0.2, 0.25) is 5.91 Å². The van der Waals surface area contributed by atoms with Crippen molar-refractivity contribution in [2.24, 2.45) is 5.41 Å². The van der Waals surface area contributed by atoms with Gasteiger partial charge in [-0.05, 0) is 31.5 Å². The Hall–Kier alpha value is -2.75. The van der Waals surface area contributed by atoms with Crippen LogP contribution < -0.4 is 4.90 Å². The fourth-order valence-electron chi connectivity index (χ4n) is 3.29. The van der Waals surface area contributed by atoms with Crippen LogP contribution in [0.4, 0.5) is 5.69 Å². The molecule has 0 saturated heterocycles. The molecule has 0 aliphatic carbocycles. The number of nitrogens with zero attached hydrogens (tertiary/aromatic N) is 1. The van der Waals surface area contributed by atoms with Gasteiger partial charge < -0.3 is 4.90 Å². The van der Waals surface area contributed by atoms with Gasteiger partial charge in [0.1, 0.15) is 5.41 Å². The van der Waals surface area contributed by atoms with E-state index in [0.29, 0.717) is 16.8 Å². The maximum atomic E-state index is 12.9. The number of Topliss-reactive ketones (excluding diaryl/α,β-unsaturated/α-hetero) is 2. The van der Waals surface area contributed by atoms with E-state index in [0.717, 1.165) is 5.56 Å². The number of carbonyl (C=O) groups excluding carboxylic acids is 3. The number of amides is 1. The zero-order valence-corrected chi connectivity index (χ0v) is 14.0. The number of anilines is 1. The Balaban J connectivity index is 2.01. The molecule has 1 aliphatic rings. The molecule has 1 atom stereocenters. The molecule has 3 rings (SSSR count). The summed E-state index contributed by atoms with van der Waals surface area (Å²) in [5, 5.41) is 0. The average Bonchev–Trinajstić information content (AvgIpc) is 2.59. The first kappa shape index (κ1) is 16.1. The lowest BCUT2D eigenvalue weighted by Gasteiger charge is -2.37. The second-order valence-corrected chi connectivity index (χ2v) is 6.46. The van der Waals surface area contributed by atoms with Crippen LogP contribution in [-0.2, 0) is 4.79 Å². The van der Waals surface area contributed by atoms with E-state index in [4.69, 9.17) is 0 Å². The highest BCUT2D eigenvalue weighted by Gasteiger charge is 2.49. The molecule has 0 bridgehead atoms. The molecule has 1 unspecified atom stereocenters. The van der Waals surface area contributed by atoms with E-state index < -0.39 is 5.41 Å². The van der Waals surface area contributed by atoms with E-state index >= 15 is 0 Å². The Morgan fingerprint density at radius 1 is 1.04 bits per heavy atom. The zero-order valence-electron chi connectivity index (χ0n) is 14.0. The smallest absolute Gasteiger partial charge is 0.241 e. The quantitative estimate of drug-likeness (QED) is 0.643. The molecule has 2 aromatic rings. The number of hydrogen-bond acceptors (Lipinski definition) is 3. The van der Waals surface area contributed by atoms with E-state index in [1.807, 2.05) is 19.1 Å². The monoisotopic (exact) mass is 321 g/mol. The van der Waals surface area contributed by atoms with Crippen molar-refractivity contribution < 1.29 is 14.4 Å². The van der Waals surface area contributed by atoms with E-state index in [1.165, 1.54) is 4.90 Å². The summed E-state index contributed by atoms with van der Waals surface area (Å²) < 4.78 is 0. The number of ketones is 2. The molecule has 0 radical (unpaired) electrons. The van der Waals surface area contributed by atoms with Gasteiger partial charge in [0.15, 0.2) is 11.6 Å². The highest BCUT2D eigenvalue weighted by molar-refractivity contribution is 6.26. The Morgan fingerprint density at radius 2 is 1.67 bits per heavy atom. The van der Waals surface area contributed by atoms with Crippen LogP contribution in [0, 0.1) is 12.3 Å². The molecule has 1 amide bonds. The predicted molar refractivity (Wildman–Crippen MR) is 92.4 cm³/mol. The number of hydrogen-bond donors (Lipinski definition) is 0. The first-order chi connectivity index (χ1) is 11.4. The summed E-state index contributed by atoms with van der Waals surface area (Å²) in [4.78, 5) is 40.0. The topological polar surface area (TPSA) is 54.5 Å². The molecular weight excluding hydrogens is 302 g/mol. The summed E-state index contributed by atoms with van der Waals surface area (Å²) in [7, 11) is 1.64. The highest BCUT2D eigenvalue weighted by atomic mass is 16.2. The molecule has 0 saturated carbocycles. The van der Waals surface area contributed by atoms with Crippen LogP contribution in [0.2, 0.25) is 0 Å². The van der Waals surface area contributed by atoms with Gasteiger partial charge in [0, 0.05) is 24.6 Å². The standard InChI is InChI=1S/C20H19NO3/c1-13-8-4-5-9-14(13)17(22)12-20(2)18(23)15-10-6-7-11-16(15)21(3)19(20)24/h4-11H,12H2,1-3H3. The molecule has 122 valence electrons. The van der Waals surface area contributed by atoms with Gasteiger partial charge in [-0.1, -0.05) is 36.4 Å². The third kappa shape index (κ3) is 2.35. The van der Waals surface area contributed by atoms with E-state index in [9.17, 15) is 14.4 Å². The van der Waals surface area contributed by atoms with Crippen LogP contribution in [0.1, 0.15) is 39.6 Å². The minimum Gasteiger partial charge on any atom is -0.314 e. The van der Waals surface area contributed by atoms with Crippen molar-refractivity contribution in [2.45, 2.75) is 20.3 Å². The van der Waals surface area contributed by atoms with Gasteiger partial charge in [-0.3, -0.25) is 14.4 Å². The lowest BCUT2D eigenvalue weighted by molar-refractivity contribution is -0.125. The minimum absolute atomic E-state index is 0.131. The fourth-order valence-corrected chi connectivity index (χ4v) is 3.29. The van der Waals surface area contributed by atoms with Crippen LogP contribution in [0.3, 0.4) is 0 Å². The minimum atomic E-state index is -1.37. The van der Waals surface area contributed by atoms with Gasteiger partial charge in [-0.25, -0.2) is 0 Å². The normalized spacial score (nSPS) is 20.0. The van der Waals surface area contributed by atoms with E-state index in [1.54, 1.807) is 50.4 Å². The lowest BCUT2D eigenvalue weighted by Crippen LogP contribution is -2.51. The second kappa shape index (κ2) is 5.71. The third-order valence-electron chi connectivity index (χ3n) is 4.75. The van der Waals surface area contributed by atoms with Gasteiger partial charge in [0.05, 0.1) is 5.69 Å². The molecule has 0 spiro atoms. The van der Waals surface area contributed by atoms with Crippen molar-refractivity contribution >= 4 is 23.2 Å². The van der Waals surface area contributed by atoms with Crippen molar-refractivity contribution in [2.75, 3.05) is 11.9 Å². The number of para-hydroxylation sites is 1. The number of rotatable bonds is 3. The SMILES string of the molecule is Cc1ccccc1C(=O)CC1(C)C(=O)c2ccccc2N(C)C1=O. The Morgan fingerprint density at radius 3 is 2.38 bits per heavy atom. The predicted octanol–water partition coefficient (Wildman–Crippen LogP) is 3.43. The first-order valence-electron chi connectivity index (χ1n) is 7.87. The molecule has 4 nitrogen and oxygen atoms in total. The lowest BCUT2D eigenvalue weighted by atomic mass is 9.73. The summed E-state index contributed by atoms with van der Waals surface area (Å²) in [5.41, 5.74) is 1.10. The number of fused-ring (bicyclic) bond motifs is 1. The first-order valence-corrected chi connectivity index (χ1v) is 7.87. The molecule has 1 heterocycles. The van der Waals surface area contributed by atoms with E-state index in [2.05, 4.69) is 0 Å². The highest BCUT2D eigenvalue weighted by Crippen LogP contribution is 2.39. The van der Waals surface area contributed by atoms with Crippen molar-refractivity contribution in [3.8, 4) is 0 Å². The summed E-state index contributed by atoms with van der Waals surface area (Å²) in [5.74, 6) is -0.818. The van der Waals surface area contributed by atoms with E-state index in [-0.39, 0.29) is 23.9 Å². The zero-order chi connectivity index (χ0) is 17.5. The summed E-state index contributed by atoms with van der Waals surface area (Å²) >= 11 is 0. The van der Waals surface area contributed by atoms with Crippen molar-refractivity contribution in [1.29, 1.82) is 0 Å². The van der Waals surface area contributed by atoms with Gasteiger partial charge in [0.25, 0.3) is 0 Å². The number of benzene rings is 2. The molecule has 0 aromatic heterocycles. The maximum Gasteiger partial charge on any atom is 0.241 e. The summed E-state index contributed by atoms with van der Waals surface area (Å²) in [6.45, 7) is 3.42. The van der Waals surface area contributed by atoms with Gasteiger partial charge in [-0.2, -0.15) is 0 Å². The molecule has 2 aromatic carbocycles. The van der Waals surface area contributed by atoms with Gasteiger partial charge in [-0.15, -0.1) is 0 Å². The molecular formula is C20H19NO3. The largest absolute Gasteiger partial charge is 0.314 e. The Bertz CT molecular complexity index is 855. The molecule has 0 N–H and O–H groups in total. The second-order valence-electron chi connectivity index (χ2n) is 6.46. The van der Waals surface area contributed by atoms with Crippen LogP contribution >= 0.6 is 0 Å². The van der Waals surface area contributed by atoms with Crippen molar-refractivity contribution in [3.63, 3.8) is 0 Å². The number of aryl methyl sites for hydroxylation is 1. The Labute approximate surface area is 141 Å². The maximum absolute atomic E-state index is 12.9. The molecule has 1 aliphatic heterocycles. The molecule has 24 heavy (non-hydrogen) atoms. The van der Waals surface area contributed by atoms with Crippen molar-refractivity contribution in [3.05, 3.63) is 65.2 Å². The molecule has 4 heteroatoms. The summed E-state index contributed by atoms with van der Waals surface area (Å²) in [6, 6.07) is 14.2. The van der Waals surface area contributed by atoms with Gasteiger partial charge >= 0.3 is 0 Å². The Kier molecular flexibility index (Phi) is 3.84. The fraction of sp³-hybridized carbons (Fsp3) is 0.250. The van der Waals surface area contributed by atoms with Crippen LogP contribution in [-0.4, -0.2) is 24.5 Å². The molecule has 0 fully saturated rings. The summed E-state index contributed by atoms with van der Waals surface area (Å²) in [6.07, 6.45) is -0.131.